The van der Waals surface area contributed by atoms with E-state index >= 15 is 0 Å². The number of amides is 1. The van der Waals surface area contributed by atoms with Crippen molar-refractivity contribution in [2.45, 2.75) is 12.3 Å². The highest BCUT2D eigenvalue weighted by atomic mass is 32.1. The molecule has 1 aromatic carbocycles. The van der Waals surface area contributed by atoms with Crippen LogP contribution < -0.4 is 5.32 Å². The number of benzene rings is 1. The summed E-state index contributed by atoms with van der Waals surface area (Å²) in [4.78, 5) is 22.1. The first-order valence-electron chi connectivity index (χ1n) is 8.02. The van der Waals surface area contributed by atoms with Gasteiger partial charge in [0.05, 0.1) is 17.0 Å². The minimum Gasteiger partial charge on any atom is -0.359 e. The molecule has 0 fully saturated rings. The molecule has 3 aromatic rings. The van der Waals surface area contributed by atoms with Crippen LogP contribution in [0.2, 0.25) is 0 Å². The van der Waals surface area contributed by atoms with E-state index in [0.717, 1.165) is 4.90 Å². The molecule has 138 valence electrons. The second-order valence-corrected chi connectivity index (χ2v) is 6.79. The Labute approximate surface area is 156 Å². The van der Waals surface area contributed by atoms with E-state index < -0.39 is 24.8 Å². The Morgan fingerprint density at radius 2 is 1.93 bits per heavy atom. The number of carbonyl (C=O) groups is 1. The summed E-state index contributed by atoms with van der Waals surface area (Å²) in [5.74, 6) is -0.681. The number of pyridine rings is 1. The van der Waals surface area contributed by atoms with Crippen LogP contribution in [0, 0.1) is 0 Å². The van der Waals surface area contributed by atoms with Crippen LogP contribution in [-0.4, -0.2) is 33.5 Å². The van der Waals surface area contributed by atoms with Crippen molar-refractivity contribution in [1.29, 1.82) is 0 Å². The number of nitrogens with one attached hydrogen (secondary N) is 1. The summed E-state index contributed by atoms with van der Waals surface area (Å²) in [6, 6.07) is 11.8. The van der Waals surface area contributed by atoms with Crippen molar-refractivity contribution in [3.63, 3.8) is 0 Å². The molecule has 1 atom stereocenters. The normalized spacial score (nSPS) is 16.8. The first-order valence-corrected chi connectivity index (χ1v) is 8.90. The summed E-state index contributed by atoms with van der Waals surface area (Å²) in [5.41, 5.74) is 1.66. The van der Waals surface area contributed by atoms with Gasteiger partial charge in [-0.25, -0.2) is 4.98 Å². The second-order valence-electron chi connectivity index (χ2n) is 5.93. The van der Waals surface area contributed by atoms with E-state index in [1.807, 2.05) is 0 Å². The first kappa shape index (κ1) is 17.5. The molecule has 0 aliphatic carbocycles. The average Bonchev–Trinajstić information content (AvgIpc) is 3.14. The van der Waals surface area contributed by atoms with Crippen LogP contribution >= 0.6 is 11.3 Å². The van der Waals surface area contributed by atoms with Crippen LogP contribution in [0.25, 0.3) is 10.7 Å². The number of rotatable bonds is 3. The van der Waals surface area contributed by atoms with Gasteiger partial charge in [-0.1, -0.05) is 18.2 Å². The fourth-order valence-electron chi connectivity index (χ4n) is 2.90. The van der Waals surface area contributed by atoms with E-state index in [-0.39, 0.29) is 5.56 Å². The molecule has 1 aliphatic heterocycles. The predicted octanol–water partition coefficient (Wildman–Crippen LogP) is 4.33. The standard InChI is InChI=1S/C18H13F3N4OS/c19-18(20,21)10-25-15(23-12-6-2-1-5-11(12)17(25)26)14-9-27-16(24-14)13-7-3-4-8-22-13/h1-9,15,23H,10H2. The van der Waals surface area contributed by atoms with E-state index in [4.69, 9.17) is 0 Å². The summed E-state index contributed by atoms with van der Waals surface area (Å²) in [7, 11) is 0. The molecule has 1 N–H and O–H groups in total. The summed E-state index contributed by atoms with van der Waals surface area (Å²) in [5, 5.41) is 5.23. The first-order chi connectivity index (χ1) is 12.9. The van der Waals surface area contributed by atoms with E-state index in [1.165, 1.54) is 17.4 Å². The van der Waals surface area contributed by atoms with Gasteiger partial charge in [-0.3, -0.25) is 9.78 Å². The number of anilines is 1. The lowest BCUT2D eigenvalue weighted by atomic mass is 10.1. The Morgan fingerprint density at radius 1 is 1.15 bits per heavy atom. The van der Waals surface area contributed by atoms with Crippen molar-refractivity contribution < 1.29 is 18.0 Å². The van der Waals surface area contributed by atoms with E-state index in [0.29, 0.717) is 22.1 Å². The minimum atomic E-state index is -4.53. The molecule has 0 saturated carbocycles. The molecule has 0 spiro atoms. The van der Waals surface area contributed by atoms with Gasteiger partial charge in [-0.05, 0) is 24.3 Å². The number of thiazole rings is 1. The molecule has 4 rings (SSSR count). The zero-order valence-electron chi connectivity index (χ0n) is 13.8. The number of hydrogen-bond acceptors (Lipinski definition) is 5. The SMILES string of the molecule is O=C1c2ccccc2NC(c2csc(-c3ccccn3)n2)N1CC(F)(F)F. The fourth-order valence-corrected chi connectivity index (χ4v) is 3.71. The second kappa shape index (κ2) is 6.66. The highest BCUT2D eigenvalue weighted by molar-refractivity contribution is 7.13. The maximum Gasteiger partial charge on any atom is 0.406 e. The summed E-state index contributed by atoms with van der Waals surface area (Å²) >= 11 is 1.27. The minimum absolute atomic E-state index is 0.207. The number of alkyl halides is 3. The lowest BCUT2D eigenvalue weighted by Crippen LogP contribution is -2.47. The zero-order valence-corrected chi connectivity index (χ0v) is 14.6. The molecule has 0 bridgehead atoms. The van der Waals surface area contributed by atoms with Gasteiger partial charge in [-0.15, -0.1) is 11.3 Å². The third kappa shape index (κ3) is 3.50. The molecule has 27 heavy (non-hydrogen) atoms. The molecular weight excluding hydrogens is 377 g/mol. The topological polar surface area (TPSA) is 58.1 Å². The van der Waals surface area contributed by atoms with Crippen LogP contribution in [0.4, 0.5) is 18.9 Å². The van der Waals surface area contributed by atoms with Crippen LogP contribution in [0.5, 0.6) is 0 Å². The van der Waals surface area contributed by atoms with Gasteiger partial charge in [0, 0.05) is 17.3 Å². The molecular formula is C18H13F3N4OS. The van der Waals surface area contributed by atoms with E-state index in [9.17, 15) is 18.0 Å². The monoisotopic (exact) mass is 390 g/mol. The molecule has 0 radical (unpaired) electrons. The van der Waals surface area contributed by atoms with Gasteiger partial charge < -0.3 is 10.2 Å². The highest BCUT2D eigenvalue weighted by Gasteiger charge is 2.41. The number of para-hydroxylation sites is 1. The summed E-state index contributed by atoms with van der Waals surface area (Å²) in [6.07, 6.45) is -3.92. The lowest BCUT2D eigenvalue weighted by Gasteiger charge is -2.37. The van der Waals surface area contributed by atoms with Crippen LogP contribution in [0.15, 0.2) is 54.0 Å². The van der Waals surface area contributed by atoms with Crippen molar-refractivity contribution in [2.75, 3.05) is 11.9 Å². The van der Waals surface area contributed by atoms with Crippen molar-refractivity contribution in [3.8, 4) is 10.7 Å². The number of carbonyl (C=O) groups excluding carboxylic acids is 1. The largest absolute Gasteiger partial charge is 0.406 e. The van der Waals surface area contributed by atoms with Crippen LogP contribution in [0.1, 0.15) is 22.2 Å². The predicted molar refractivity (Wildman–Crippen MR) is 95.2 cm³/mol. The van der Waals surface area contributed by atoms with Gasteiger partial charge >= 0.3 is 6.18 Å². The Kier molecular flexibility index (Phi) is 4.31. The van der Waals surface area contributed by atoms with Crippen molar-refractivity contribution in [3.05, 3.63) is 65.3 Å². The number of nitrogens with zero attached hydrogens (tertiary/aromatic N) is 3. The van der Waals surface area contributed by atoms with Crippen LogP contribution in [-0.2, 0) is 0 Å². The number of halogens is 3. The lowest BCUT2D eigenvalue weighted by molar-refractivity contribution is -0.144. The molecule has 1 unspecified atom stereocenters. The maximum atomic E-state index is 13.1. The van der Waals surface area contributed by atoms with Crippen molar-refractivity contribution in [2.24, 2.45) is 0 Å². The molecule has 0 saturated heterocycles. The number of aromatic nitrogens is 2. The molecule has 2 aromatic heterocycles. The maximum absolute atomic E-state index is 13.1. The van der Waals surface area contributed by atoms with Crippen molar-refractivity contribution >= 4 is 22.9 Å². The van der Waals surface area contributed by atoms with E-state index in [2.05, 4.69) is 15.3 Å². The van der Waals surface area contributed by atoms with Crippen molar-refractivity contribution in [1.82, 2.24) is 14.9 Å². The Bertz CT molecular complexity index is 974. The molecule has 5 nitrogen and oxygen atoms in total. The van der Waals surface area contributed by atoms with Gasteiger partial charge in [0.1, 0.15) is 17.7 Å². The highest BCUT2D eigenvalue weighted by Crippen LogP contribution is 2.36. The Morgan fingerprint density at radius 3 is 2.67 bits per heavy atom. The molecule has 1 amide bonds. The smallest absolute Gasteiger partial charge is 0.359 e. The zero-order chi connectivity index (χ0) is 19.0. The average molecular weight is 390 g/mol. The Balaban J connectivity index is 1.73. The third-order valence-electron chi connectivity index (χ3n) is 4.06. The van der Waals surface area contributed by atoms with Gasteiger partial charge in [0.2, 0.25) is 0 Å². The van der Waals surface area contributed by atoms with E-state index in [1.54, 1.807) is 48.0 Å². The van der Waals surface area contributed by atoms with Gasteiger partial charge in [0.25, 0.3) is 5.91 Å². The number of fused-ring (bicyclic) bond motifs is 1. The molecule has 3 heterocycles. The van der Waals surface area contributed by atoms with Gasteiger partial charge in [0.15, 0.2) is 0 Å². The summed E-state index contributed by atoms with van der Waals surface area (Å²) < 4.78 is 39.3. The number of hydrogen-bond donors (Lipinski definition) is 1. The van der Waals surface area contributed by atoms with Gasteiger partial charge in [-0.2, -0.15) is 13.2 Å². The third-order valence-corrected chi connectivity index (χ3v) is 4.94. The molecule has 9 heteroatoms. The Hall–Kier alpha value is -2.94. The van der Waals surface area contributed by atoms with Crippen LogP contribution in [0.3, 0.4) is 0 Å². The molecule has 1 aliphatic rings. The summed E-state index contributed by atoms with van der Waals surface area (Å²) in [6.45, 7) is -1.37. The fraction of sp³-hybridized carbons (Fsp3) is 0.167. The quantitative estimate of drug-likeness (QED) is 0.723.